The highest BCUT2D eigenvalue weighted by Gasteiger charge is 2.16. The van der Waals surface area contributed by atoms with Crippen molar-refractivity contribution < 1.29 is 14.3 Å². The van der Waals surface area contributed by atoms with Gasteiger partial charge in [-0.2, -0.15) is 0 Å². The Labute approximate surface area is 171 Å². The number of carbonyl (C=O) groups excluding carboxylic acids is 2. The van der Waals surface area contributed by atoms with Gasteiger partial charge in [0.25, 0.3) is 11.8 Å². The molecule has 0 spiro atoms. The van der Waals surface area contributed by atoms with E-state index in [0.29, 0.717) is 22.6 Å². The molecule has 0 aliphatic heterocycles. The van der Waals surface area contributed by atoms with Gasteiger partial charge in [0.1, 0.15) is 5.75 Å². The molecule has 8 heteroatoms. The molecule has 0 heterocycles. The van der Waals surface area contributed by atoms with Gasteiger partial charge in [-0.3, -0.25) is 14.9 Å². The monoisotopic (exact) mass is 449 g/mol. The lowest BCUT2D eigenvalue weighted by atomic mass is 10.2. The van der Waals surface area contributed by atoms with Gasteiger partial charge >= 0.3 is 0 Å². The number of amides is 2. The van der Waals surface area contributed by atoms with Gasteiger partial charge in [0.05, 0.1) is 11.7 Å². The van der Waals surface area contributed by atoms with Crippen LogP contribution in [0.5, 0.6) is 5.75 Å². The van der Waals surface area contributed by atoms with Crippen molar-refractivity contribution in [2.45, 2.75) is 20.0 Å². The predicted molar refractivity (Wildman–Crippen MR) is 113 cm³/mol. The van der Waals surface area contributed by atoms with Crippen molar-refractivity contribution in [3.8, 4) is 5.75 Å². The molecule has 0 saturated heterocycles. The zero-order chi connectivity index (χ0) is 20.0. The van der Waals surface area contributed by atoms with Crippen molar-refractivity contribution >= 4 is 50.8 Å². The molecule has 0 unspecified atom stereocenters. The second-order valence-corrected chi connectivity index (χ2v) is 7.20. The number of hydrogen-bond acceptors (Lipinski definition) is 4. The van der Waals surface area contributed by atoms with Crippen LogP contribution in [-0.2, 0) is 0 Å². The van der Waals surface area contributed by atoms with E-state index >= 15 is 0 Å². The molecule has 0 atom stereocenters. The molecule has 27 heavy (non-hydrogen) atoms. The first-order valence-corrected chi connectivity index (χ1v) is 9.41. The highest BCUT2D eigenvalue weighted by molar-refractivity contribution is 9.10. The molecule has 0 aliphatic carbocycles. The average molecular weight is 450 g/mol. The molecule has 0 radical (unpaired) electrons. The van der Waals surface area contributed by atoms with Crippen molar-refractivity contribution in [1.29, 1.82) is 0 Å². The second kappa shape index (κ2) is 9.48. The van der Waals surface area contributed by atoms with Crippen LogP contribution in [0.3, 0.4) is 0 Å². The number of thiocarbonyl (C=S) groups is 1. The van der Waals surface area contributed by atoms with Gasteiger partial charge in [-0.15, -0.1) is 0 Å². The van der Waals surface area contributed by atoms with Crippen molar-refractivity contribution in [1.82, 2.24) is 10.6 Å². The van der Waals surface area contributed by atoms with Gasteiger partial charge < -0.3 is 15.4 Å². The highest BCUT2D eigenvalue weighted by atomic mass is 79.9. The Morgan fingerprint density at radius 3 is 2.52 bits per heavy atom. The topological polar surface area (TPSA) is 79.5 Å². The van der Waals surface area contributed by atoms with E-state index in [1.165, 1.54) is 0 Å². The molecule has 6 nitrogen and oxygen atoms in total. The molecular formula is C19H20BrN3O3S. The molecule has 0 saturated carbocycles. The van der Waals surface area contributed by atoms with Crippen LogP contribution in [0, 0.1) is 0 Å². The molecule has 0 aliphatic rings. The van der Waals surface area contributed by atoms with Crippen molar-refractivity contribution in [3.63, 3.8) is 0 Å². The summed E-state index contributed by atoms with van der Waals surface area (Å²) >= 11 is 8.57. The largest absolute Gasteiger partial charge is 0.490 e. The molecule has 3 N–H and O–H groups in total. The molecule has 0 fully saturated rings. The van der Waals surface area contributed by atoms with Crippen LogP contribution >= 0.6 is 28.1 Å². The summed E-state index contributed by atoms with van der Waals surface area (Å²) in [4.78, 5) is 24.3. The summed E-state index contributed by atoms with van der Waals surface area (Å²) in [5, 5.41) is 8.20. The van der Waals surface area contributed by atoms with Crippen molar-refractivity contribution in [3.05, 3.63) is 58.1 Å². The first-order valence-electron chi connectivity index (χ1n) is 8.21. The lowest BCUT2D eigenvalue weighted by Crippen LogP contribution is -2.34. The number of ether oxygens (including phenoxy) is 1. The standard InChI is InChI=1S/C19H20BrN3O3S/c1-11(2)26-16-8-7-13(20)10-15(16)18(25)23-19(27)22-14-6-4-5-12(9-14)17(24)21-3/h4-11H,1-3H3,(H,21,24)(H2,22,23,25,27). The van der Waals surface area contributed by atoms with E-state index in [2.05, 4.69) is 31.9 Å². The third-order valence-electron chi connectivity index (χ3n) is 3.39. The van der Waals surface area contributed by atoms with E-state index in [0.717, 1.165) is 4.47 Å². The fraction of sp³-hybridized carbons (Fsp3) is 0.211. The van der Waals surface area contributed by atoms with Gasteiger partial charge in [-0.1, -0.05) is 22.0 Å². The van der Waals surface area contributed by atoms with E-state index in [1.807, 2.05) is 13.8 Å². The Balaban J connectivity index is 2.11. The number of rotatable bonds is 5. The molecule has 2 amide bonds. The number of hydrogen-bond donors (Lipinski definition) is 3. The van der Waals surface area contributed by atoms with E-state index in [1.54, 1.807) is 49.5 Å². The first-order chi connectivity index (χ1) is 12.8. The number of benzene rings is 2. The SMILES string of the molecule is CNC(=O)c1cccc(NC(=S)NC(=O)c2cc(Br)ccc2OC(C)C)c1. The Morgan fingerprint density at radius 1 is 1.11 bits per heavy atom. The minimum atomic E-state index is -0.396. The van der Waals surface area contributed by atoms with Crippen LogP contribution in [0.25, 0.3) is 0 Å². The Kier molecular flexibility index (Phi) is 7.32. The van der Waals surface area contributed by atoms with Crippen molar-refractivity contribution in [2.75, 3.05) is 12.4 Å². The van der Waals surface area contributed by atoms with E-state index in [4.69, 9.17) is 17.0 Å². The summed E-state index contributed by atoms with van der Waals surface area (Å²) in [7, 11) is 1.56. The number of anilines is 1. The zero-order valence-corrected chi connectivity index (χ0v) is 17.5. The first kappa shape index (κ1) is 20.9. The summed E-state index contributed by atoms with van der Waals surface area (Å²) in [6.45, 7) is 3.77. The summed E-state index contributed by atoms with van der Waals surface area (Å²) in [5.41, 5.74) is 1.44. The van der Waals surface area contributed by atoms with Crippen LogP contribution in [0.15, 0.2) is 46.9 Å². The highest BCUT2D eigenvalue weighted by Crippen LogP contribution is 2.24. The second-order valence-electron chi connectivity index (χ2n) is 5.88. The molecular weight excluding hydrogens is 430 g/mol. The van der Waals surface area contributed by atoms with Crippen LogP contribution in [-0.4, -0.2) is 30.1 Å². The number of nitrogens with one attached hydrogen (secondary N) is 3. The van der Waals surface area contributed by atoms with Crippen LogP contribution < -0.4 is 20.7 Å². The van der Waals surface area contributed by atoms with Crippen molar-refractivity contribution in [2.24, 2.45) is 0 Å². The zero-order valence-electron chi connectivity index (χ0n) is 15.1. The third-order valence-corrected chi connectivity index (χ3v) is 4.08. The van der Waals surface area contributed by atoms with E-state index in [-0.39, 0.29) is 17.1 Å². The minimum absolute atomic E-state index is 0.0738. The maximum atomic E-state index is 12.6. The number of halogens is 1. The quantitative estimate of drug-likeness (QED) is 0.606. The normalized spacial score (nSPS) is 10.3. The summed E-state index contributed by atoms with van der Waals surface area (Å²) < 4.78 is 6.44. The molecule has 2 aromatic rings. The van der Waals surface area contributed by atoms with Gasteiger partial charge in [0, 0.05) is 22.8 Å². The van der Waals surface area contributed by atoms with E-state index in [9.17, 15) is 9.59 Å². The molecule has 2 rings (SSSR count). The molecule has 2 aromatic carbocycles. The van der Waals surface area contributed by atoms with Gasteiger partial charge in [-0.05, 0) is 62.5 Å². The fourth-order valence-corrected chi connectivity index (χ4v) is 2.82. The predicted octanol–water partition coefficient (Wildman–Crippen LogP) is 3.72. The lowest BCUT2D eigenvalue weighted by Gasteiger charge is -2.15. The Morgan fingerprint density at radius 2 is 1.85 bits per heavy atom. The summed E-state index contributed by atoms with van der Waals surface area (Å²) in [6.07, 6.45) is -0.0738. The number of carbonyl (C=O) groups is 2. The molecule has 0 bridgehead atoms. The maximum absolute atomic E-state index is 12.6. The maximum Gasteiger partial charge on any atom is 0.261 e. The molecule has 0 aromatic heterocycles. The van der Waals surface area contributed by atoms with Gasteiger partial charge in [-0.25, -0.2) is 0 Å². The molecule has 142 valence electrons. The van der Waals surface area contributed by atoms with E-state index < -0.39 is 5.91 Å². The van der Waals surface area contributed by atoms with Crippen LogP contribution in [0.4, 0.5) is 5.69 Å². The van der Waals surface area contributed by atoms with Gasteiger partial charge in [0.2, 0.25) is 0 Å². The summed E-state index contributed by atoms with van der Waals surface area (Å²) in [6, 6.07) is 12.0. The summed E-state index contributed by atoms with van der Waals surface area (Å²) in [5.74, 6) is -0.139. The smallest absolute Gasteiger partial charge is 0.261 e. The third kappa shape index (κ3) is 6.04. The van der Waals surface area contributed by atoms with Gasteiger partial charge in [0.15, 0.2) is 5.11 Å². The fourth-order valence-electron chi connectivity index (χ4n) is 2.25. The minimum Gasteiger partial charge on any atom is -0.490 e. The van der Waals surface area contributed by atoms with Crippen LogP contribution in [0.1, 0.15) is 34.6 Å². The Hall–Kier alpha value is -2.45. The van der Waals surface area contributed by atoms with Crippen LogP contribution in [0.2, 0.25) is 0 Å². The Bertz CT molecular complexity index is 871. The lowest BCUT2D eigenvalue weighted by molar-refractivity contribution is 0.0957. The average Bonchev–Trinajstić information content (AvgIpc) is 2.62.